The Kier molecular flexibility index (Phi) is 3.70. The molecule has 2 heteroatoms. The molecule has 3 rings (SSSR count). The standard InChI is InChI=1S/C17H22OS/c1-11-7-12(2)9-13(8-11)17(18)15-10-19-16-6-4-3-5-14(15)16/h3-6,11-13,15H,7-10H2,1-2H3. The fraction of sp³-hybridized carbons (Fsp3) is 0.588. The molecule has 0 saturated heterocycles. The first-order valence-electron chi connectivity index (χ1n) is 7.40. The van der Waals surface area contributed by atoms with Crippen molar-refractivity contribution in [2.24, 2.45) is 17.8 Å². The maximum Gasteiger partial charge on any atom is 0.144 e. The average molecular weight is 274 g/mol. The van der Waals surface area contributed by atoms with Gasteiger partial charge in [-0.3, -0.25) is 4.79 Å². The molecule has 0 amide bonds. The van der Waals surface area contributed by atoms with Crippen LogP contribution >= 0.6 is 11.8 Å². The number of ketones is 1. The molecule has 3 atom stereocenters. The fourth-order valence-electron chi connectivity index (χ4n) is 3.86. The lowest BCUT2D eigenvalue weighted by atomic mass is 9.72. The van der Waals surface area contributed by atoms with Crippen molar-refractivity contribution >= 4 is 17.5 Å². The summed E-state index contributed by atoms with van der Waals surface area (Å²) in [5.41, 5.74) is 1.28. The van der Waals surface area contributed by atoms with E-state index in [1.54, 1.807) is 0 Å². The molecule has 0 aromatic heterocycles. The Bertz CT molecular complexity index is 472. The molecule has 1 saturated carbocycles. The van der Waals surface area contributed by atoms with Crippen molar-refractivity contribution in [1.29, 1.82) is 0 Å². The summed E-state index contributed by atoms with van der Waals surface area (Å²) in [6, 6.07) is 8.44. The van der Waals surface area contributed by atoms with Crippen molar-refractivity contribution < 1.29 is 4.79 Å². The minimum absolute atomic E-state index is 0.156. The van der Waals surface area contributed by atoms with Gasteiger partial charge in [-0.25, -0.2) is 0 Å². The van der Waals surface area contributed by atoms with Crippen molar-refractivity contribution in [3.05, 3.63) is 29.8 Å². The Morgan fingerprint density at radius 3 is 2.53 bits per heavy atom. The molecule has 1 fully saturated rings. The molecule has 102 valence electrons. The van der Waals surface area contributed by atoms with Crippen LogP contribution in [0.5, 0.6) is 0 Å². The van der Waals surface area contributed by atoms with Crippen LogP contribution < -0.4 is 0 Å². The topological polar surface area (TPSA) is 17.1 Å². The van der Waals surface area contributed by atoms with Gasteiger partial charge in [0.1, 0.15) is 5.78 Å². The van der Waals surface area contributed by atoms with Gasteiger partial charge < -0.3 is 0 Å². The summed E-state index contributed by atoms with van der Waals surface area (Å²) in [4.78, 5) is 14.2. The van der Waals surface area contributed by atoms with Gasteiger partial charge in [0.05, 0.1) is 5.92 Å². The molecular weight excluding hydrogens is 252 g/mol. The lowest BCUT2D eigenvalue weighted by Crippen LogP contribution is -2.29. The molecular formula is C17H22OS. The number of carbonyl (C=O) groups is 1. The highest BCUT2D eigenvalue weighted by Crippen LogP contribution is 2.43. The van der Waals surface area contributed by atoms with Crippen molar-refractivity contribution in [2.75, 3.05) is 5.75 Å². The zero-order valence-corrected chi connectivity index (χ0v) is 12.6. The molecule has 1 aromatic rings. The van der Waals surface area contributed by atoms with Gasteiger partial charge >= 0.3 is 0 Å². The average Bonchev–Trinajstić information content (AvgIpc) is 2.80. The number of rotatable bonds is 2. The Balaban J connectivity index is 1.78. The van der Waals surface area contributed by atoms with E-state index in [1.165, 1.54) is 16.9 Å². The Morgan fingerprint density at radius 1 is 1.11 bits per heavy atom. The normalized spacial score (nSPS) is 34.0. The molecule has 1 heterocycles. The quantitative estimate of drug-likeness (QED) is 0.789. The monoisotopic (exact) mass is 274 g/mol. The van der Waals surface area contributed by atoms with Gasteiger partial charge in [-0.05, 0) is 42.7 Å². The molecule has 1 aromatic carbocycles. The third-order valence-corrected chi connectivity index (χ3v) is 5.81. The van der Waals surface area contributed by atoms with Gasteiger partial charge in [-0.1, -0.05) is 32.0 Å². The number of hydrogen-bond donors (Lipinski definition) is 0. The van der Waals surface area contributed by atoms with Gasteiger partial charge in [-0.15, -0.1) is 11.8 Å². The van der Waals surface area contributed by atoms with Gasteiger partial charge in [0, 0.05) is 16.6 Å². The zero-order valence-electron chi connectivity index (χ0n) is 11.8. The van der Waals surface area contributed by atoms with Crippen LogP contribution in [-0.2, 0) is 4.79 Å². The Morgan fingerprint density at radius 2 is 1.79 bits per heavy atom. The van der Waals surface area contributed by atoms with Crippen LogP contribution in [0.2, 0.25) is 0 Å². The lowest BCUT2D eigenvalue weighted by molar-refractivity contribution is -0.125. The maximum absolute atomic E-state index is 12.8. The summed E-state index contributed by atoms with van der Waals surface area (Å²) in [7, 11) is 0. The van der Waals surface area contributed by atoms with Gasteiger partial charge in [-0.2, -0.15) is 0 Å². The second-order valence-corrected chi connectivity index (χ2v) is 7.48. The summed E-state index contributed by atoms with van der Waals surface area (Å²) in [5, 5.41) is 0. The van der Waals surface area contributed by atoms with Crippen LogP contribution in [0.15, 0.2) is 29.2 Å². The first-order chi connectivity index (χ1) is 9.15. The van der Waals surface area contributed by atoms with E-state index in [0.29, 0.717) is 23.5 Å². The van der Waals surface area contributed by atoms with E-state index in [2.05, 4.69) is 38.1 Å². The minimum atomic E-state index is 0.156. The molecule has 0 bridgehead atoms. The Labute approximate surface area is 120 Å². The van der Waals surface area contributed by atoms with Crippen LogP contribution in [0.3, 0.4) is 0 Å². The minimum Gasteiger partial charge on any atom is -0.299 e. The van der Waals surface area contributed by atoms with Crippen LogP contribution in [0.1, 0.15) is 44.6 Å². The summed E-state index contributed by atoms with van der Waals surface area (Å²) in [6.07, 6.45) is 3.50. The number of benzene rings is 1. The zero-order chi connectivity index (χ0) is 13.4. The van der Waals surface area contributed by atoms with Crippen molar-refractivity contribution in [3.8, 4) is 0 Å². The molecule has 1 nitrogen and oxygen atoms in total. The second-order valence-electron chi connectivity index (χ2n) is 6.42. The number of Topliss-reactive ketones (excluding diaryl/α,β-unsaturated/α-hetero) is 1. The van der Waals surface area contributed by atoms with Crippen LogP contribution in [0, 0.1) is 17.8 Å². The van der Waals surface area contributed by atoms with E-state index in [9.17, 15) is 4.79 Å². The van der Waals surface area contributed by atoms with Crippen molar-refractivity contribution in [2.45, 2.75) is 43.9 Å². The van der Waals surface area contributed by atoms with E-state index >= 15 is 0 Å². The third kappa shape index (κ3) is 2.60. The molecule has 19 heavy (non-hydrogen) atoms. The van der Waals surface area contributed by atoms with Gasteiger partial charge in [0.15, 0.2) is 0 Å². The number of fused-ring (bicyclic) bond motifs is 1. The molecule has 0 radical (unpaired) electrons. The van der Waals surface area contributed by atoms with Crippen LogP contribution in [0.25, 0.3) is 0 Å². The lowest BCUT2D eigenvalue weighted by Gasteiger charge is -2.32. The number of thioether (sulfide) groups is 1. The highest BCUT2D eigenvalue weighted by Gasteiger charge is 2.36. The van der Waals surface area contributed by atoms with Gasteiger partial charge in [0.25, 0.3) is 0 Å². The summed E-state index contributed by atoms with van der Waals surface area (Å²) >= 11 is 1.85. The van der Waals surface area contributed by atoms with E-state index in [1.807, 2.05) is 11.8 Å². The second kappa shape index (κ2) is 5.32. The van der Waals surface area contributed by atoms with E-state index in [-0.39, 0.29) is 5.92 Å². The fourth-order valence-corrected chi connectivity index (χ4v) is 5.10. The molecule has 0 N–H and O–H groups in total. The molecule has 1 aliphatic heterocycles. The third-order valence-electron chi connectivity index (χ3n) is 4.62. The number of hydrogen-bond acceptors (Lipinski definition) is 2. The largest absolute Gasteiger partial charge is 0.299 e. The predicted molar refractivity (Wildman–Crippen MR) is 80.6 cm³/mol. The molecule has 2 aliphatic rings. The summed E-state index contributed by atoms with van der Waals surface area (Å²) < 4.78 is 0. The van der Waals surface area contributed by atoms with Crippen LogP contribution in [0.4, 0.5) is 0 Å². The molecule has 0 spiro atoms. The first kappa shape index (κ1) is 13.2. The maximum atomic E-state index is 12.8. The van der Waals surface area contributed by atoms with E-state index in [0.717, 1.165) is 18.6 Å². The summed E-state index contributed by atoms with van der Waals surface area (Å²) in [6.45, 7) is 4.60. The molecule has 3 unspecified atom stereocenters. The van der Waals surface area contributed by atoms with E-state index in [4.69, 9.17) is 0 Å². The van der Waals surface area contributed by atoms with E-state index < -0.39 is 0 Å². The van der Waals surface area contributed by atoms with Crippen molar-refractivity contribution in [1.82, 2.24) is 0 Å². The highest BCUT2D eigenvalue weighted by molar-refractivity contribution is 7.99. The van der Waals surface area contributed by atoms with Crippen LogP contribution in [-0.4, -0.2) is 11.5 Å². The van der Waals surface area contributed by atoms with Crippen molar-refractivity contribution in [3.63, 3.8) is 0 Å². The summed E-state index contributed by atoms with van der Waals surface area (Å²) in [5.74, 6) is 3.34. The van der Waals surface area contributed by atoms with Gasteiger partial charge in [0.2, 0.25) is 0 Å². The smallest absolute Gasteiger partial charge is 0.144 e. The number of carbonyl (C=O) groups excluding carboxylic acids is 1. The first-order valence-corrected chi connectivity index (χ1v) is 8.39. The molecule has 1 aliphatic carbocycles. The SMILES string of the molecule is CC1CC(C)CC(C(=O)C2CSc3ccccc32)C1. The highest BCUT2D eigenvalue weighted by atomic mass is 32.2. The predicted octanol–water partition coefficient (Wildman–Crippen LogP) is 4.52. The Hall–Kier alpha value is -0.760.